The van der Waals surface area contributed by atoms with Gasteiger partial charge in [0.2, 0.25) is 0 Å². The van der Waals surface area contributed by atoms with Gasteiger partial charge in [-0.2, -0.15) is 0 Å². The van der Waals surface area contributed by atoms with Crippen LogP contribution in [-0.4, -0.2) is 22.4 Å². The van der Waals surface area contributed by atoms with E-state index < -0.39 is 14.2 Å². The van der Waals surface area contributed by atoms with Crippen molar-refractivity contribution in [2.75, 3.05) is 11.5 Å². The normalized spacial score (nSPS) is 11.5. The molecule has 12 heavy (non-hydrogen) atoms. The van der Waals surface area contributed by atoms with Crippen molar-refractivity contribution in [2.24, 2.45) is 0 Å². The second-order valence-corrected chi connectivity index (χ2v) is 5.66. The summed E-state index contributed by atoms with van der Waals surface area (Å²) in [6, 6.07) is 4.07. The van der Waals surface area contributed by atoms with E-state index in [1.165, 1.54) is 18.2 Å². The molecule has 6 N–H and O–H groups in total. The molecule has 0 fully saturated rings. The number of benzene rings is 1. The summed E-state index contributed by atoms with van der Waals surface area (Å²) >= 11 is -4.89. The van der Waals surface area contributed by atoms with Gasteiger partial charge >= 0.3 is 71.5 Å². The van der Waals surface area contributed by atoms with E-state index in [1.54, 1.807) is 0 Å². The SMILES string of the molecule is Nc1ccc(N)c([As](=O)(O)O)c1. The van der Waals surface area contributed by atoms with E-state index >= 15 is 0 Å². The van der Waals surface area contributed by atoms with E-state index in [1.807, 2.05) is 0 Å². The van der Waals surface area contributed by atoms with Gasteiger partial charge in [-0.1, -0.05) is 0 Å². The molecule has 0 aliphatic heterocycles. The van der Waals surface area contributed by atoms with E-state index in [-0.39, 0.29) is 10.0 Å². The standard InChI is InChI=1S/C6H9AsN2O3/c8-4-1-2-6(9)5(3-4)7(10,11)12/h1-3H,8-9H2,(H2,10,11,12). The molecule has 0 aliphatic carbocycles. The predicted octanol–water partition coefficient (Wildman–Crippen LogP) is -1.59. The van der Waals surface area contributed by atoms with E-state index in [0.29, 0.717) is 5.69 Å². The summed E-state index contributed by atoms with van der Waals surface area (Å²) in [4.78, 5) is 0. The van der Waals surface area contributed by atoms with Crippen LogP contribution in [0.2, 0.25) is 0 Å². The molecule has 0 aromatic heterocycles. The fourth-order valence-electron chi connectivity index (χ4n) is 0.813. The summed E-state index contributed by atoms with van der Waals surface area (Å²) in [5.74, 6) is 0. The van der Waals surface area contributed by atoms with Gasteiger partial charge in [0.05, 0.1) is 0 Å². The molecule has 0 amide bonds. The Bertz CT molecular complexity index is 347. The molecule has 1 aromatic rings. The number of rotatable bonds is 1. The van der Waals surface area contributed by atoms with Crippen LogP contribution in [0.4, 0.5) is 11.4 Å². The first-order valence-corrected chi connectivity index (χ1v) is 6.50. The quantitative estimate of drug-likeness (QED) is 0.345. The van der Waals surface area contributed by atoms with Gasteiger partial charge in [0.15, 0.2) is 0 Å². The van der Waals surface area contributed by atoms with Crippen LogP contribution in [0.25, 0.3) is 0 Å². The fraction of sp³-hybridized carbons (Fsp3) is 0. The Morgan fingerprint density at radius 2 is 1.83 bits per heavy atom. The van der Waals surface area contributed by atoms with Crippen LogP contribution in [0.1, 0.15) is 0 Å². The van der Waals surface area contributed by atoms with Crippen LogP contribution in [0, 0.1) is 0 Å². The Kier molecular flexibility index (Phi) is 2.19. The molecule has 0 atom stereocenters. The second-order valence-electron chi connectivity index (χ2n) is 2.36. The van der Waals surface area contributed by atoms with Gasteiger partial charge in [0.1, 0.15) is 0 Å². The Labute approximate surface area is 72.0 Å². The zero-order chi connectivity index (χ0) is 9.35. The molecule has 0 unspecified atom stereocenters. The molecule has 0 saturated carbocycles. The Morgan fingerprint density at radius 1 is 1.25 bits per heavy atom. The van der Waals surface area contributed by atoms with E-state index in [9.17, 15) is 3.74 Å². The van der Waals surface area contributed by atoms with Crippen molar-refractivity contribution in [1.82, 2.24) is 0 Å². The number of nitrogens with two attached hydrogens (primary N) is 2. The summed E-state index contributed by atoms with van der Waals surface area (Å²) in [6.45, 7) is 0. The van der Waals surface area contributed by atoms with Crippen molar-refractivity contribution in [3.63, 3.8) is 0 Å². The molecule has 0 saturated heterocycles. The summed E-state index contributed by atoms with van der Waals surface area (Å²) in [7, 11) is 0. The summed E-state index contributed by atoms with van der Waals surface area (Å²) < 4.78 is 28.3. The van der Waals surface area contributed by atoms with Crippen molar-refractivity contribution in [3.05, 3.63) is 18.2 Å². The molecule has 0 aliphatic rings. The van der Waals surface area contributed by atoms with E-state index in [2.05, 4.69) is 0 Å². The molecule has 0 heterocycles. The van der Waals surface area contributed by atoms with Gasteiger partial charge in [0.25, 0.3) is 0 Å². The zero-order valence-corrected chi connectivity index (χ0v) is 8.01. The minimum atomic E-state index is -4.89. The summed E-state index contributed by atoms with van der Waals surface area (Å²) in [6.07, 6.45) is 0. The predicted molar refractivity (Wildman–Crippen MR) is 45.8 cm³/mol. The molecule has 1 aromatic carbocycles. The van der Waals surface area contributed by atoms with Gasteiger partial charge in [-0.05, 0) is 0 Å². The topological polar surface area (TPSA) is 110 Å². The first-order valence-electron chi connectivity index (χ1n) is 3.12. The maximum atomic E-state index is 10.8. The third-order valence-electron chi connectivity index (χ3n) is 1.37. The summed E-state index contributed by atoms with van der Waals surface area (Å²) in [5.41, 5.74) is 11.1. The van der Waals surface area contributed by atoms with Gasteiger partial charge in [-0.3, -0.25) is 0 Å². The van der Waals surface area contributed by atoms with Crippen LogP contribution in [0.5, 0.6) is 0 Å². The maximum absolute atomic E-state index is 10.8. The number of hydrogen-bond donors (Lipinski definition) is 4. The first-order chi connectivity index (χ1) is 5.41. The van der Waals surface area contributed by atoms with Gasteiger partial charge in [-0.15, -0.1) is 0 Å². The van der Waals surface area contributed by atoms with Gasteiger partial charge in [-0.25, -0.2) is 0 Å². The van der Waals surface area contributed by atoms with E-state index in [0.717, 1.165) is 0 Å². The summed E-state index contributed by atoms with van der Waals surface area (Å²) in [5, 5.41) is 0. The molecule has 0 bridgehead atoms. The van der Waals surface area contributed by atoms with E-state index in [4.69, 9.17) is 19.7 Å². The third kappa shape index (κ3) is 1.82. The van der Waals surface area contributed by atoms with Crippen LogP contribution in [-0.2, 0) is 3.74 Å². The molecule has 6 heteroatoms. The fourth-order valence-corrected chi connectivity index (χ4v) is 2.34. The molecule has 5 nitrogen and oxygen atoms in total. The monoisotopic (exact) mass is 232 g/mol. The molecule has 1 rings (SSSR count). The second kappa shape index (κ2) is 2.86. The number of hydrogen-bond acceptors (Lipinski definition) is 3. The molecule has 0 radical (unpaired) electrons. The molecule has 0 spiro atoms. The van der Waals surface area contributed by atoms with Crippen LogP contribution in [0.15, 0.2) is 18.2 Å². The zero-order valence-electron chi connectivity index (χ0n) is 6.14. The van der Waals surface area contributed by atoms with Crippen molar-refractivity contribution in [3.8, 4) is 0 Å². The minimum absolute atomic E-state index is 0.0803. The average Bonchev–Trinajstić information content (AvgIpc) is 1.92. The van der Waals surface area contributed by atoms with Crippen molar-refractivity contribution in [1.29, 1.82) is 0 Å². The Balaban J connectivity index is 3.33. The van der Waals surface area contributed by atoms with Crippen molar-refractivity contribution < 1.29 is 11.9 Å². The third-order valence-corrected chi connectivity index (χ3v) is 3.50. The van der Waals surface area contributed by atoms with Crippen molar-refractivity contribution >= 4 is 29.9 Å². The van der Waals surface area contributed by atoms with Gasteiger partial charge in [0, 0.05) is 0 Å². The Hall–Kier alpha value is -0.902. The first kappa shape index (κ1) is 9.19. The Morgan fingerprint density at radius 3 is 2.25 bits per heavy atom. The average molecular weight is 232 g/mol. The molecule has 66 valence electrons. The van der Waals surface area contributed by atoms with Crippen LogP contribution >= 0.6 is 0 Å². The number of anilines is 2. The number of nitrogen functional groups attached to an aromatic ring is 2. The van der Waals surface area contributed by atoms with Gasteiger partial charge < -0.3 is 0 Å². The molecular formula is C6H9AsN2O3. The molecular weight excluding hydrogens is 223 g/mol. The van der Waals surface area contributed by atoms with Crippen LogP contribution < -0.4 is 15.8 Å². The van der Waals surface area contributed by atoms with Crippen molar-refractivity contribution in [2.45, 2.75) is 0 Å². The van der Waals surface area contributed by atoms with Crippen LogP contribution in [0.3, 0.4) is 0 Å².